The van der Waals surface area contributed by atoms with Gasteiger partial charge in [-0.25, -0.2) is 4.68 Å². The summed E-state index contributed by atoms with van der Waals surface area (Å²) in [4.78, 5) is 10.6. The van der Waals surface area contributed by atoms with E-state index in [1.807, 2.05) is 0 Å². The maximum atomic E-state index is 10.6. The molecule has 0 radical (unpaired) electrons. The Morgan fingerprint density at radius 3 is 2.60 bits per heavy atom. The van der Waals surface area contributed by atoms with Gasteiger partial charge in [0.05, 0.1) is 0 Å². The molecule has 0 fully saturated rings. The Balaban J connectivity index is 3.10. The van der Waals surface area contributed by atoms with E-state index in [4.69, 9.17) is 5.11 Å². The van der Waals surface area contributed by atoms with E-state index >= 15 is 0 Å². The molecule has 1 heterocycles. The van der Waals surface area contributed by atoms with Crippen LogP contribution in [0.2, 0.25) is 0 Å². The number of nitrogens with zero attached hydrogens (tertiary/aromatic N) is 2. The predicted octanol–water partition coefficient (Wildman–Crippen LogP) is 0.328. The Labute approximate surface area is 58.1 Å². The monoisotopic (exact) mass is 140 g/mol. The number of aromatic hydroxyl groups is 1. The summed E-state index contributed by atoms with van der Waals surface area (Å²) in [5, 5.41) is 12.7. The van der Waals surface area contributed by atoms with E-state index in [1.54, 1.807) is 7.05 Å². The van der Waals surface area contributed by atoms with Crippen molar-refractivity contribution in [1.29, 1.82) is 0 Å². The third kappa shape index (κ3) is 1.00. The molecule has 0 aliphatic heterocycles. The standard InChI is InChI=1S/C6H8N2O2/c1-4(9)5-3-6(10)8(2)7-5/h3,10H,1-2H3. The van der Waals surface area contributed by atoms with Gasteiger partial charge in [-0.2, -0.15) is 5.10 Å². The van der Waals surface area contributed by atoms with Gasteiger partial charge in [0.2, 0.25) is 5.88 Å². The molecule has 1 rings (SSSR count). The van der Waals surface area contributed by atoms with Crippen molar-refractivity contribution < 1.29 is 9.90 Å². The van der Waals surface area contributed by atoms with Crippen molar-refractivity contribution in [3.8, 4) is 5.88 Å². The van der Waals surface area contributed by atoms with Crippen molar-refractivity contribution in [2.24, 2.45) is 7.05 Å². The van der Waals surface area contributed by atoms with Gasteiger partial charge in [-0.15, -0.1) is 0 Å². The minimum atomic E-state index is -0.143. The summed E-state index contributed by atoms with van der Waals surface area (Å²) in [6, 6.07) is 1.34. The number of hydrogen-bond acceptors (Lipinski definition) is 3. The first-order valence-electron chi connectivity index (χ1n) is 2.85. The Bertz CT molecular complexity index is 245. The minimum absolute atomic E-state index is 0.00481. The molecule has 0 aliphatic rings. The second kappa shape index (κ2) is 2.13. The summed E-state index contributed by atoms with van der Waals surface area (Å²) in [5.74, 6) is -0.138. The zero-order chi connectivity index (χ0) is 7.72. The zero-order valence-electron chi connectivity index (χ0n) is 5.83. The zero-order valence-corrected chi connectivity index (χ0v) is 5.83. The van der Waals surface area contributed by atoms with Gasteiger partial charge in [0.1, 0.15) is 5.69 Å². The van der Waals surface area contributed by atoms with E-state index < -0.39 is 0 Å². The quantitative estimate of drug-likeness (QED) is 0.572. The first-order valence-corrected chi connectivity index (χ1v) is 2.85. The fourth-order valence-electron chi connectivity index (χ4n) is 0.629. The molecule has 0 aliphatic carbocycles. The summed E-state index contributed by atoms with van der Waals surface area (Å²) in [6.07, 6.45) is 0. The number of carbonyl (C=O) groups is 1. The highest BCUT2D eigenvalue weighted by Crippen LogP contribution is 2.08. The molecule has 0 unspecified atom stereocenters. The highest BCUT2D eigenvalue weighted by molar-refractivity contribution is 5.92. The largest absolute Gasteiger partial charge is 0.493 e. The second-order valence-electron chi connectivity index (χ2n) is 2.07. The van der Waals surface area contributed by atoms with E-state index in [-0.39, 0.29) is 11.7 Å². The van der Waals surface area contributed by atoms with Gasteiger partial charge in [-0.05, 0) is 0 Å². The van der Waals surface area contributed by atoms with Crippen LogP contribution in [-0.2, 0) is 7.05 Å². The van der Waals surface area contributed by atoms with Gasteiger partial charge in [-0.3, -0.25) is 4.79 Å². The average molecular weight is 140 g/mol. The van der Waals surface area contributed by atoms with Crippen molar-refractivity contribution in [2.45, 2.75) is 6.92 Å². The van der Waals surface area contributed by atoms with Crippen LogP contribution in [-0.4, -0.2) is 20.7 Å². The van der Waals surface area contributed by atoms with Gasteiger partial charge in [0.25, 0.3) is 0 Å². The van der Waals surface area contributed by atoms with Crippen molar-refractivity contribution in [2.75, 3.05) is 0 Å². The van der Waals surface area contributed by atoms with E-state index in [2.05, 4.69) is 5.10 Å². The summed E-state index contributed by atoms with van der Waals surface area (Å²) >= 11 is 0. The predicted molar refractivity (Wildman–Crippen MR) is 34.9 cm³/mol. The Kier molecular flexibility index (Phi) is 1.45. The number of aromatic nitrogens is 2. The molecule has 4 heteroatoms. The number of hydrogen-bond donors (Lipinski definition) is 1. The van der Waals surface area contributed by atoms with Crippen LogP contribution in [0.3, 0.4) is 0 Å². The smallest absolute Gasteiger partial charge is 0.209 e. The lowest BCUT2D eigenvalue weighted by Gasteiger charge is -1.86. The Morgan fingerprint density at radius 2 is 2.40 bits per heavy atom. The molecule has 54 valence electrons. The molecule has 0 aromatic carbocycles. The molecular formula is C6H8N2O2. The average Bonchev–Trinajstić information content (AvgIpc) is 2.13. The molecule has 0 spiro atoms. The third-order valence-electron chi connectivity index (χ3n) is 1.22. The van der Waals surface area contributed by atoms with Crippen molar-refractivity contribution in [3.05, 3.63) is 11.8 Å². The Hall–Kier alpha value is -1.32. The van der Waals surface area contributed by atoms with Gasteiger partial charge in [-0.1, -0.05) is 0 Å². The van der Waals surface area contributed by atoms with Crippen LogP contribution in [0.4, 0.5) is 0 Å². The van der Waals surface area contributed by atoms with Gasteiger partial charge >= 0.3 is 0 Å². The second-order valence-corrected chi connectivity index (χ2v) is 2.07. The summed E-state index contributed by atoms with van der Waals surface area (Å²) < 4.78 is 1.25. The van der Waals surface area contributed by atoms with Crippen molar-refractivity contribution in [3.63, 3.8) is 0 Å². The summed E-state index contributed by atoms with van der Waals surface area (Å²) in [6.45, 7) is 1.40. The minimum Gasteiger partial charge on any atom is -0.493 e. The van der Waals surface area contributed by atoms with E-state index in [0.29, 0.717) is 5.69 Å². The number of Topliss-reactive ketones (excluding diaryl/α,β-unsaturated/α-hetero) is 1. The van der Waals surface area contributed by atoms with Gasteiger partial charge in [0.15, 0.2) is 5.78 Å². The molecule has 0 amide bonds. The molecule has 1 N–H and O–H groups in total. The van der Waals surface area contributed by atoms with Crippen LogP contribution in [0.1, 0.15) is 17.4 Å². The van der Waals surface area contributed by atoms with E-state index in [9.17, 15) is 4.79 Å². The molecule has 0 saturated carbocycles. The van der Waals surface area contributed by atoms with Crippen molar-refractivity contribution >= 4 is 5.78 Å². The molecule has 0 atom stereocenters. The molecular weight excluding hydrogens is 132 g/mol. The lowest BCUT2D eigenvalue weighted by molar-refractivity contribution is 0.101. The number of aryl methyl sites for hydroxylation is 1. The van der Waals surface area contributed by atoms with Crippen LogP contribution in [0.15, 0.2) is 6.07 Å². The third-order valence-corrected chi connectivity index (χ3v) is 1.22. The van der Waals surface area contributed by atoms with E-state index in [1.165, 1.54) is 17.7 Å². The maximum Gasteiger partial charge on any atom is 0.209 e. The highest BCUT2D eigenvalue weighted by Gasteiger charge is 2.05. The van der Waals surface area contributed by atoms with E-state index in [0.717, 1.165) is 0 Å². The van der Waals surface area contributed by atoms with Crippen LogP contribution < -0.4 is 0 Å². The molecule has 0 saturated heterocycles. The SMILES string of the molecule is CC(=O)c1cc(O)n(C)n1. The van der Waals surface area contributed by atoms with Crippen LogP contribution in [0.5, 0.6) is 5.88 Å². The van der Waals surface area contributed by atoms with Gasteiger partial charge < -0.3 is 5.11 Å². The molecule has 0 bridgehead atoms. The summed E-state index contributed by atoms with van der Waals surface area (Å²) in [5.41, 5.74) is 0.292. The lowest BCUT2D eigenvalue weighted by atomic mass is 10.3. The van der Waals surface area contributed by atoms with Gasteiger partial charge in [0, 0.05) is 20.0 Å². The molecule has 1 aromatic heterocycles. The van der Waals surface area contributed by atoms with Crippen molar-refractivity contribution in [1.82, 2.24) is 9.78 Å². The first kappa shape index (κ1) is 6.80. The lowest BCUT2D eigenvalue weighted by Crippen LogP contribution is -1.95. The Morgan fingerprint density at radius 1 is 1.80 bits per heavy atom. The molecule has 10 heavy (non-hydrogen) atoms. The highest BCUT2D eigenvalue weighted by atomic mass is 16.3. The topological polar surface area (TPSA) is 55.1 Å². The fourth-order valence-corrected chi connectivity index (χ4v) is 0.629. The van der Waals surface area contributed by atoms with Crippen LogP contribution in [0, 0.1) is 0 Å². The molecule has 4 nitrogen and oxygen atoms in total. The van der Waals surface area contributed by atoms with Crippen LogP contribution >= 0.6 is 0 Å². The molecule has 1 aromatic rings. The number of ketones is 1. The van der Waals surface area contributed by atoms with Crippen LogP contribution in [0.25, 0.3) is 0 Å². The maximum absolute atomic E-state index is 10.6. The fraction of sp³-hybridized carbons (Fsp3) is 0.333. The first-order chi connectivity index (χ1) is 4.61. The normalized spacial score (nSPS) is 9.80. The number of carbonyl (C=O) groups excluding carboxylic acids is 1. The number of rotatable bonds is 1. The summed E-state index contributed by atoms with van der Waals surface area (Å²) in [7, 11) is 1.57.